The van der Waals surface area contributed by atoms with Crippen LogP contribution in [0.2, 0.25) is 0 Å². The average Bonchev–Trinajstić information content (AvgIpc) is 2.89. The van der Waals surface area contributed by atoms with Crippen LogP contribution in [-0.4, -0.2) is 28.1 Å². The lowest BCUT2D eigenvalue weighted by atomic mass is 9.89. The molecule has 24 heavy (non-hydrogen) atoms. The number of allylic oxidation sites excluding steroid dienone is 1. The maximum Gasteiger partial charge on any atom is 0.303 e. The summed E-state index contributed by atoms with van der Waals surface area (Å²) in [6.07, 6.45) is 14.1. The molecular formula is C20H34O4. The fourth-order valence-corrected chi connectivity index (χ4v) is 3.50. The van der Waals surface area contributed by atoms with Crippen molar-refractivity contribution in [3.63, 3.8) is 0 Å². The highest BCUT2D eigenvalue weighted by Crippen LogP contribution is 2.34. The van der Waals surface area contributed by atoms with Gasteiger partial charge in [0.15, 0.2) is 0 Å². The Morgan fingerprint density at radius 1 is 1.25 bits per heavy atom. The van der Waals surface area contributed by atoms with Crippen LogP contribution in [0.25, 0.3) is 0 Å². The summed E-state index contributed by atoms with van der Waals surface area (Å²) in [6.45, 7) is 2.12. The van der Waals surface area contributed by atoms with Gasteiger partial charge in [-0.2, -0.15) is 0 Å². The van der Waals surface area contributed by atoms with Crippen LogP contribution in [0.3, 0.4) is 0 Å². The van der Waals surface area contributed by atoms with E-state index < -0.39 is 5.97 Å². The van der Waals surface area contributed by atoms with Crippen LogP contribution in [0, 0.1) is 11.8 Å². The highest BCUT2D eigenvalue weighted by Gasteiger charge is 2.32. The predicted molar refractivity (Wildman–Crippen MR) is 95.8 cm³/mol. The Balaban J connectivity index is 2.26. The molecule has 1 rings (SSSR count). The van der Waals surface area contributed by atoms with Crippen molar-refractivity contribution < 1.29 is 19.8 Å². The molecule has 0 amide bonds. The molecule has 0 radical (unpaired) electrons. The zero-order valence-corrected chi connectivity index (χ0v) is 15.1. The van der Waals surface area contributed by atoms with Gasteiger partial charge in [0.2, 0.25) is 0 Å². The van der Waals surface area contributed by atoms with Gasteiger partial charge in [-0.3, -0.25) is 9.59 Å². The molecule has 4 heteroatoms. The molecule has 3 atom stereocenters. The number of hydrogen-bond acceptors (Lipinski definition) is 3. The fraction of sp³-hybridized carbons (Fsp3) is 0.800. The van der Waals surface area contributed by atoms with E-state index in [1.165, 1.54) is 0 Å². The summed E-state index contributed by atoms with van der Waals surface area (Å²) in [4.78, 5) is 22.5. The van der Waals surface area contributed by atoms with E-state index in [0.29, 0.717) is 24.5 Å². The molecule has 0 heterocycles. The Labute approximate surface area is 146 Å². The number of aliphatic hydroxyl groups excluding tert-OH is 1. The second kappa shape index (κ2) is 12.2. The first kappa shape index (κ1) is 20.9. The number of aliphatic hydroxyl groups is 1. The van der Waals surface area contributed by atoms with Gasteiger partial charge in [0.05, 0.1) is 6.10 Å². The van der Waals surface area contributed by atoms with E-state index in [-0.39, 0.29) is 18.4 Å². The first-order chi connectivity index (χ1) is 11.5. The number of Topliss-reactive ketones (excluding diaryl/α,β-unsaturated/α-hetero) is 1. The minimum Gasteiger partial charge on any atom is -0.481 e. The van der Waals surface area contributed by atoms with Gasteiger partial charge in [-0.1, -0.05) is 51.2 Å². The Bertz CT molecular complexity index is 402. The van der Waals surface area contributed by atoms with E-state index in [0.717, 1.165) is 57.8 Å². The number of carbonyl (C=O) groups excluding carboxylic acids is 1. The van der Waals surface area contributed by atoms with E-state index in [1.54, 1.807) is 0 Å². The quantitative estimate of drug-likeness (QED) is 0.383. The second-order valence-corrected chi connectivity index (χ2v) is 7.08. The molecular weight excluding hydrogens is 304 g/mol. The molecule has 138 valence electrons. The smallest absolute Gasteiger partial charge is 0.303 e. The van der Waals surface area contributed by atoms with Gasteiger partial charge in [0.1, 0.15) is 5.78 Å². The molecule has 4 nitrogen and oxygen atoms in total. The van der Waals surface area contributed by atoms with Crippen molar-refractivity contribution in [2.75, 3.05) is 0 Å². The second-order valence-electron chi connectivity index (χ2n) is 7.08. The van der Waals surface area contributed by atoms with Gasteiger partial charge in [-0.25, -0.2) is 0 Å². The van der Waals surface area contributed by atoms with Crippen LogP contribution in [0.1, 0.15) is 84.0 Å². The van der Waals surface area contributed by atoms with Crippen LogP contribution >= 0.6 is 0 Å². The van der Waals surface area contributed by atoms with Crippen LogP contribution in [0.15, 0.2) is 12.2 Å². The molecule has 1 aliphatic rings. The molecule has 0 aromatic heterocycles. The van der Waals surface area contributed by atoms with Gasteiger partial charge in [-0.05, 0) is 38.0 Å². The van der Waals surface area contributed by atoms with Gasteiger partial charge >= 0.3 is 5.97 Å². The van der Waals surface area contributed by atoms with E-state index >= 15 is 0 Å². The number of carboxylic acid groups (broad SMARTS) is 1. The summed E-state index contributed by atoms with van der Waals surface area (Å²) in [5.74, 6) is 0.109. The Hall–Kier alpha value is -1.16. The van der Waals surface area contributed by atoms with Crippen molar-refractivity contribution in [2.45, 2.75) is 90.1 Å². The molecule has 0 aliphatic heterocycles. The van der Waals surface area contributed by atoms with Gasteiger partial charge in [0, 0.05) is 18.8 Å². The van der Waals surface area contributed by atoms with Crippen molar-refractivity contribution in [2.24, 2.45) is 11.8 Å². The molecule has 0 aromatic rings. The third-order valence-corrected chi connectivity index (χ3v) is 4.99. The summed E-state index contributed by atoms with van der Waals surface area (Å²) in [7, 11) is 0. The third-order valence-electron chi connectivity index (χ3n) is 4.99. The van der Waals surface area contributed by atoms with Crippen molar-refractivity contribution in [3.05, 3.63) is 12.2 Å². The average molecular weight is 338 g/mol. The number of aliphatic carboxylic acids is 1. The molecule has 0 saturated heterocycles. The molecule has 0 aromatic carbocycles. The van der Waals surface area contributed by atoms with Crippen molar-refractivity contribution in [1.29, 1.82) is 0 Å². The standard InChI is InChI=1S/C20H34O4/c1-2-3-10-17(21)11-8-9-16-14-15-19(22)18(16)12-6-4-5-7-13-20(23)24/h8-9,16-18,21H,2-7,10-15H2,1H3,(H,23,24). The zero-order chi connectivity index (χ0) is 17.8. The minimum atomic E-state index is -0.729. The highest BCUT2D eigenvalue weighted by molar-refractivity contribution is 5.83. The number of hydrogen-bond donors (Lipinski definition) is 2. The number of rotatable bonds is 13. The van der Waals surface area contributed by atoms with Crippen LogP contribution in [-0.2, 0) is 9.59 Å². The van der Waals surface area contributed by atoms with E-state index in [1.807, 2.05) is 0 Å². The lowest BCUT2D eigenvalue weighted by Gasteiger charge is -2.15. The van der Waals surface area contributed by atoms with Crippen molar-refractivity contribution in [3.8, 4) is 0 Å². The summed E-state index contributed by atoms with van der Waals surface area (Å²) in [5.41, 5.74) is 0. The molecule has 0 spiro atoms. The third kappa shape index (κ3) is 8.62. The summed E-state index contributed by atoms with van der Waals surface area (Å²) < 4.78 is 0. The zero-order valence-electron chi connectivity index (χ0n) is 15.1. The first-order valence-electron chi connectivity index (χ1n) is 9.63. The number of carboxylic acids is 1. The Morgan fingerprint density at radius 3 is 2.71 bits per heavy atom. The maximum absolute atomic E-state index is 12.1. The molecule has 1 fully saturated rings. The van der Waals surface area contributed by atoms with Crippen molar-refractivity contribution >= 4 is 11.8 Å². The molecule has 2 N–H and O–H groups in total. The van der Waals surface area contributed by atoms with E-state index in [4.69, 9.17) is 5.11 Å². The Morgan fingerprint density at radius 2 is 2.00 bits per heavy atom. The monoisotopic (exact) mass is 338 g/mol. The first-order valence-corrected chi connectivity index (χ1v) is 9.63. The lowest BCUT2D eigenvalue weighted by Crippen LogP contribution is -2.13. The van der Waals surface area contributed by atoms with Crippen LogP contribution in [0.4, 0.5) is 0 Å². The normalized spacial score (nSPS) is 22.3. The summed E-state index contributed by atoms with van der Waals surface area (Å²) >= 11 is 0. The topological polar surface area (TPSA) is 74.6 Å². The fourth-order valence-electron chi connectivity index (χ4n) is 3.50. The van der Waals surface area contributed by atoms with E-state index in [2.05, 4.69) is 19.1 Å². The predicted octanol–water partition coefficient (Wildman–Crippen LogP) is 4.50. The lowest BCUT2D eigenvalue weighted by molar-refractivity contribution is -0.137. The molecule has 1 aliphatic carbocycles. The van der Waals surface area contributed by atoms with Gasteiger partial charge in [0.25, 0.3) is 0 Å². The molecule has 1 saturated carbocycles. The maximum atomic E-state index is 12.1. The van der Waals surface area contributed by atoms with Gasteiger partial charge in [-0.15, -0.1) is 0 Å². The van der Waals surface area contributed by atoms with E-state index in [9.17, 15) is 14.7 Å². The number of ketones is 1. The molecule has 0 bridgehead atoms. The number of unbranched alkanes of at least 4 members (excludes halogenated alkanes) is 4. The van der Waals surface area contributed by atoms with Crippen molar-refractivity contribution in [1.82, 2.24) is 0 Å². The minimum absolute atomic E-state index is 0.133. The highest BCUT2D eigenvalue weighted by atomic mass is 16.4. The summed E-state index contributed by atoms with van der Waals surface area (Å²) in [5, 5.41) is 18.5. The molecule has 3 unspecified atom stereocenters. The van der Waals surface area contributed by atoms with Gasteiger partial charge < -0.3 is 10.2 Å². The largest absolute Gasteiger partial charge is 0.481 e. The van der Waals surface area contributed by atoms with Crippen LogP contribution in [0.5, 0.6) is 0 Å². The summed E-state index contributed by atoms with van der Waals surface area (Å²) in [6, 6.07) is 0. The SMILES string of the molecule is CCCCC(O)CC=CC1CCC(=O)C1CCCCCCC(=O)O. The number of carbonyl (C=O) groups is 2. The van der Waals surface area contributed by atoms with Crippen LogP contribution < -0.4 is 0 Å². The Kier molecular flexibility index (Phi) is 10.6.